The van der Waals surface area contributed by atoms with E-state index in [0.717, 1.165) is 40.7 Å². The lowest BCUT2D eigenvalue weighted by atomic mass is 10.1. The molecule has 2 aromatic rings. The quantitative estimate of drug-likeness (QED) is 0.599. The summed E-state index contributed by atoms with van der Waals surface area (Å²) in [6, 6.07) is 8.01. The Morgan fingerprint density at radius 3 is 2.60 bits per heavy atom. The number of hydrogen-bond acceptors (Lipinski definition) is 4. The van der Waals surface area contributed by atoms with E-state index in [-0.39, 0.29) is 5.91 Å². The molecule has 0 spiro atoms. The summed E-state index contributed by atoms with van der Waals surface area (Å²) in [4.78, 5) is 16.9. The first kappa shape index (κ1) is 18.9. The van der Waals surface area contributed by atoms with Gasteiger partial charge < -0.3 is 4.90 Å². The van der Waals surface area contributed by atoms with Gasteiger partial charge in [0.05, 0.1) is 11.2 Å². The van der Waals surface area contributed by atoms with Crippen LogP contribution in [0.5, 0.6) is 0 Å². The number of rotatable bonds is 4. The Balaban J connectivity index is 0.00000109. The van der Waals surface area contributed by atoms with Crippen LogP contribution in [0.25, 0.3) is 10.1 Å². The number of nitrogens with zero attached hydrogens (tertiary/aromatic N) is 2. The molecule has 0 fully saturated rings. The maximum atomic E-state index is 12.8. The number of carbonyl (C=O) groups is 1. The number of nitrogens with one attached hydrogen (secondary N) is 1. The van der Waals surface area contributed by atoms with E-state index in [1.54, 1.807) is 0 Å². The van der Waals surface area contributed by atoms with Crippen LogP contribution in [0.3, 0.4) is 0 Å². The van der Waals surface area contributed by atoms with Crippen LogP contribution in [0.15, 0.2) is 48.2 Å². The summed E-state index contributed by atoms with van der Waals surface area (Å²) in [5.41, 5.74) is 1.87. The van der Waals surface area contributed by atoms with Gasteiger partial charge in [0.1, 0.15) is 0 Å². The van der Waals surface area contributed by atoms with E-state index in [9.17, 15) is 4.79 Å². The summed E-state index contributed by atoms with van der Waals surface area (Å²) >= 11 is 1.47. The van der Waals surface area contributed by atoms with Crippen molar-refractivity contribution >= 4 is 39.4 Å². The molecule has 25 heavy (non-hydrogen) atoms. The van der Waals surface area contributed by atoms with Gasteiger partial charge >= 0.3 is 0 Å². The second kappa shape index (κ2) is 8.62. The van der Waals surface area contributed by atoms with Crippen LogP contribution in [0, 0.1) is 5.41 Å². The van der Waals surface area contributed by atoms with Crippen LogP contribution in [-0.2, 0) is 0 Å². The van der Waals surface area contributed by atoms with E-state index in [2.05, 4.69) is 0 Å². The van der Waals surface area contributed by atoms with E-state index < -0.39 is 0 Å². The Morgan fingerprint density at radius 2 is 2.00 bits per heavy atom. The van der Waals surface area contributed by atoms with Crippen molar-refractivity contribution in [3.8, 4) is 0 Å². The highest BCUT2D eigenvalue weighted by Crippen LogP contribution is 2.33. The van der Waals surface area contributed by atoms with E-state index in [1.165, 1.54) is 16.2 Å². The molecule has 3 rings (SSSR count). The molecule has 1 N–H and O–H groups in total. The highest BCUT2D eigenvalue weighted by molar-refractivity contribution is 7.20. The Bertz CT molecular complexity index is 817. The predicted octanol–water partition coefficient (Wildman–Crippen LogP) is 5.28. The summed E-state index contributed by atoms with van der Waals surface area (Å²) in [6.07, 6.45) is 8.93. The SMILES string of the molecule is CC.CN(C)c1cccc2sc(C(=O)N(C=N)C3=CCCC=C3)cc12. The molecule has 0 aliphatic heterocycles. The summed E-state index contributed by atoms with van der Waals surface area (Å²) in [7, 11) is 3.99. The average Bonchev–Trinajstić information content (AvgIpc) is 3.09. The highest BCUT2D eigenvalue weighted by atomic mass is 32.1. The second-order valence-corrected chi connectivity index (χ2v) is 6.69. The molecule has 0 atom stereocenters. The van der Waals surface area contributed by atoms with E-state index in [1.807, 2.05) is 75.3 Å². The largest absolute Gasteiger partial charge is 0.377 e. The molecule has 1 aliphatic rings. The third-order valence-electron chi connectivity index (χ3n) is 3.83. The Hall–Kier alpha value is -2.40. The molecule has 5 heteroatoms. The number of allylic oxidation sites excluding steroid dienone is 3. The van der Waals surface area contributed by atoms with E-state index >= 15 is 0 Å². The lowest BCUT2D eigenvalue weighted by Gasteiger charge is -2.19. The molecule has 132 valence electrons. The number of anilines is 1. The van der Waals surface area contributed by atoms with Crippen LogP contribution in [-0.4, -0.2) is 31.2 Å². The minimum Gasteiger partial charge on any atom is -0.377 e. The first-order valence-corrected chi connectivity index (χ1v) is 9.34. The van der Waals surface area contributed by atoms with Gasteiger partial charge in [-0.1, -0.05) is 32.1 Å². The van der Waals surface area contributed by atoms with Gasteiger partial charge in [-0.3, -0.25) is 15.1 Å². The third kappa shape index (κ3) is 3.99. The van der Waals surface area contributed by atoms with Gasteiger partial charge in [0.15, 0.2) is 0 Å². The fourth-order valence-corrected chi connectivity index (χ4v) is 3.71. The van der Waals surface area contributed by atoms with Crippen LogP contribution in [0.2, 0.25) is 0 Å². The van der Waals surface area contributed by atoms with Gasteiger partial charge in [-0.2, -0.15) is 0 Å². The Labute approximate surface area is 153 Å². The van der Waals surface area contributed by atoms with Crippen molar-refractivity contribution in [2.75, 3.05) is 19.0 Å². The number of thiophene rings is 1. The molecule has 0 saturated heterocycles. The maximum Gasteiger partial charge on any atom is 0.273 e. The number of carbonyl (C=O) groups excluding carboxylic acids is 1. The van der Waals surface area contributed by atoms with Crippen LogP contribution >= 0.6 is 11.3 Å². The normalized spacial score (nSPS) is 12.9. The number of amides is 1. The van der Waals surface area contributed by atoms with E-state index in [4.69, 9.17) is 5.41 Å². The zero-order valence-electron chi connectivity index (χ0n) is 15.2. The zero-order chi connectivity index (χ0) is 18.4. The number of benzene rings is 1. The minimum atomic E-state index is -0.149. The molecule has 1 heterocycles. The fraction of sp³-hybridized carbons (Fsp3) is 0.300. The molecule has 4 nitrogen and oxygen atoms in total. The van der Waals surface area contributed by atoms with Crippen molar-refractivity contribution in [2.24, 2.45) is 0 Å². The van der Waals surface area contributed by atoms with Crippen molar-refractivity contribution in [2.45, 2.75) is 26.7 Å². The summed E-state index contributed by atoms with van der Waals surface area (Å²) in [5.74, 6) is -0.149. The molecule has 1 aromatic heterocycles. The predicted molar refractivity (Wildman–Crippen MR) is 109 cm³/mol. The van der Waals surface area contributed by atoms with Crippen molar-refractivity contribution < 1.29 is 4.79 Å². The second-order valence-electron chi connectivity index (χ2n) is 5.61. The lowest BCUT2D eigenvalue weighted by Crippen LogP contribution is -2.27. The molecule has 0 bridgehead atoms. The Kier molecular flexibility index (Phi) is 6.53. The maximum absolute atomic E-state index is 12.8. The Morgan fingerprint density at radius 1 is 1.24 bits per heavy atom. The van der Waals surface area contributed by atoms with Crippen LogP contribution in [0.1, 0.15) is 36.4 Å². The first-order valence-electron chi connectivity index (χ1n) is 8.52. The highest BCUT2D eigenvalue weighted by Gasteiger charge is 2.20. The molecule has 0 unspecified atom stereocenters. The molecule has 0 saturated carbocycles. The van der Waals surface area contributed by atoms with Crippen molar-refractivity contribution in [1.29, 1.82) is 5.41 Å². The number of fused-ring (bicyclic) bond motifs is 1. The first-order chi connectivity index (χ1) is 12.1. The minimum absolute atomic E-state index is 0.149. The smallest absolute Gasteiger partial charge is 0.273 e. The summed E-state index contributed by atoms with van der Waals surface area (Å²) < 4.78 is 1.08. The molecule has 1 amide bonds. The standard InChI is InChI=1S/C18H19N3OS.C2H6/c1-20(2)15-9-6-10-16-14(15)11-17(23-16)18(22)21(12-19)13-7-4-3-5-8-13;1-2/h4,6-12,19H,3,5H2,1-2H3;1-2H3. The lowest BCUT2D eigenvalue weighted by molar-refractivity contribution is 0.0888. The summed E-state index contributed by atoms with van der Waals surface area (Å²) in [5, 5.41) is 8.70. The molecular formula is C20H25N3OS. The van der Waals surface area contributed by atoms with Crippen LogP contribution < -0.4 is 4.90 Å². The average molecular weight is 356 g/mol. The van der Waals surface area contributed by atoms with Crippen molar-refractivity contribution in [3.63, 3.8) is 0 Å². The monoisotopic (exact) mass is 355 g/mol. The fourth-order valence-electron chi connectivity index (χ4n) is 2.69. The molecular weight excluding hydrogens is 330 g/mol. The molecule has 0 radical (unpaired) electrons. The number of hydrogen-bond donors (Lipinski definition) is 1. The van der Waals surface area contributed by atoms with Gasteiger partial charge in [-0.05, 0) is 37.1 Å². The van der Waals surface area contributed by atoms with Gasteiger partial charge in [0.2, 0.25) is 0 Å². The van der Waals surface area contributed by atoms with Gasteiger partial charge in [-0.15, -0.1) is 11.3 Å². The zero-order valence-corrected chi connectivity index (χ0v) is 16.1. The summed E-state index contributed by atoms with van der Waals surface area (Å²) in [6.45, 7) is 4.00. The van der Waals surface area contributed by atoms with Gasteiger partial charge in [0.25, 0.3) is 5.91 Å². The van der Waals surface area contributed by atoms with E-state index in [0.29, 0.717) is 4.88 Å². The van der Waals surface area contributed by atoms with Gasteiger partial charge in [-0.25, -0.2) is 0 Å². The van der Waals surface area contributed by atoms with Gasteiger partial charge in [0, 0.05) is 35.6 Å². The molecule has 1 aromatic carbocycles. The van der Waals surface area contributed by atoms with Crippen molar-refractivity contribution in [1.82, 2.24) is 4.90 Å². The molecule has 1 aliphatic carbocycles. The third-order valence-corrected chi connectivity index (χ3v) is 4.92. The van der Waals surface area contributed by atoms with Crippen LogP contribution in [0.4, 0.5) is 5.69 Å². The topological polar surface area (TPSA) is 47.4 Å². The van der Waals surface area contributed by atoms with Crippen molar-refractivity contribution in [3.05, 3.63) is 53.1 Å².